The van der Waals surface area contributed by atoms with E-state index in [1.165, 1.54) is 18.3 Å². The number of pyridine rings is 1. The zero-order valence-electron chi connectivity index (χ0n) is 26.1. The molecule has 0 aliphatic carbocycles. The van der Waals surface area contributed by atoms with E-state index in [1.54, 1.807) is 0 Å². The van der Waals surface area contributed by atoms with Crippen LogP contribution in [-0.2, 0) is 0 Å². The molecule has 3 aromatic heterocycles. The molecule has 0 aliphatic rings. The zero-order valence-corrected chi connectivity index (χ0v) is 26.1. The molecule has 0 saturated carbocycles. The molecule has 7 aromatic rings. The van der Waals surface area contributed by atoms with Gasteiger partial charge in [-0.05, 0) is 81.3 Å². The SMILES string of the molecule is CCOc1c(C)cc(C)c(OCC)c1-c1cnn(-c2cccc(Oc3ccc4c5ccccc5n(-c5cc(F)ccn5)c4c3)c2)c1. The van der Waals surface area contributed by atoms with Gasteiger partial charge in [0, 0.05) is 46.9 Å². The first-order chi connectivity index (χ1) is 22.4. The van der Waals surface area contributed by atoms with E-state index in [0.29, 0.717) is 30.5 Å². The van der Waals surface area contributed by atoms with Gasteiger partial charge in [-0.25, -0.2) is 14.1 Å². The molecule has 8 heteroatoms. The number of nitrogens with zero attached hydrogens (tertiary/aromatic N) is 4. The zero-order chi connectivity index (χ0) is 31.8. The van der Waals surface area contributed by atoms with Gasteiger partial charge in [0.2, 0.25) is 0 Å². The van der Waals surface area contributed by atoms with Crippen molar-refractivity contribution in [3.05, 3.63) is 120 Å². The molecule has 46 heavy (non-hydrogen) atoms. The fourth-order valence-electron chi connectivity index (χ4n) is 6.07. The van der Waals surface area contributed by atoms with E-state index in [-0.39, 0.29) is 5.82 Å². The van der Waals surface area contributed by atoms with E-state index in [4.69, 9.17) is 19.3 Å². The van der Waals surface area contributed by atoms with Crippen LogP contribution in [0.4, 0.5) is 4.39 Å². The molecule has 0 N–H and O–H groups in total. The minimum Gasteiger partial charge on any atom is -0.493 e. The monoisotopic (exact) mass is 612 g/mol. The summed E-state index contributed by atoms with van der Waals surface area (Å²) in [6.45, 7) is 9.15. The van der Waals surface area contributed by atoms with E-state index in [2.05, 4.69) is 17.1 Å². The smallest absolute Gasteiger partial charge is 0.140 e. The van der Waals surface area contributed by atoms with Gasteiger partial charge in [0.1, 0.15) is 34.6 Å². The number of hydrogen-bond donors (Lipinski definition) is 0. The molecular weight excluding hydrogens is 579 g/mol. The Morgan fingerprint density at radius 2 is 1.48 bits per heavy atom. The highest BCUT2D eigenvalue weighted by atomic mass is 19.1. The lowest BCUT2D eigenvalue weighted by Gasteiger charge is -2.19. The van der Waals surface area contributed by atoms with Crippen molar-refractivity contribution < 1.29 is 18.6 Å². The van der Waals surface area contributed by atoms with Crippen LogP contribution in [0.5, 0.6) is 23.0 Å². The van der Waals surface area contributed by atoms with Crippen molar-refractivity contribution in [3.63, 3.8) is 0 Å². The highest BCUT2D eigenvalue weighted by Crippen LogP contribution is 2.43. The van der Waals surface area contributed by atoms with Crippen LogP contribution in [-0.4, -0.2) is 32.5 Å². The van der Waals surface area contributed by atoms with Crippen LogP contribution in [0.3, 0.4) is 0 Å². The molecule has 0 spiro atoms. The lowest BCUT2D eigenvalue weighted by molar-refractivity contribution is 0.323. The maximum Gasteiger partial charge on any atom is 0.140 e. The molecule has 230 valence electrons. The van der Waals surface area contributed by atoms with Crippen LogP contribution in [0.2, 0.25) is 0 Å². The standard InChI is InChI=1S/C38H33FN4O3/c1-5-44-37-24(3)18-25(4)38(45-6-2)36(37)26-22-41-42(23-26)28-10-9-11-29(20-28)46-30-14-15-32-31-12-7-8-13-33(31)43(34(32)21-30)35-19-27(39)16-17-40-35/h7-23H,5-6H2,1-4H3. The third kappa shape index (κ3) is 5.21. The Labute approximate surface area is 266 Å². The Bertz CT molecular complexity index is 2190. The Morgan fingerprint density at radius 3 is 2.24 bits per heavy atom. The number of halogens is 1. The molecule has 0 amide bonds. The summed E-state index contributed by atoms with van der Waals surface area (Å²) < 4.78 is 36.6. The van der Waals surface area contributed by atoms with Gasteiger partial charge in [0.25, 0.3) is 0 Å². The fourth-order valence-corrected chi connectivity index (χ4v) is 6.07. The number of ether oxygens (including phenoxy) is 3. The van der Waals surface area contributed by atoms with Crippen LogP contribution >= 0.6 is 0 Å². The molecule has 7 rings (SSSR count). The van der Waals surface area contributed by atoms with Gasteiger partial charge < -0.3 is 14.2 Å². The van der Waals surface area contributed by atoms with Crippen molar-refractivity contribution >= 4 is 21.8 Å². The molecule has 4 aromatic carbocycles. The number of hydrogen-bond acceptors (Lipinski definition) is 5. The Balaban J connectivity index is 1.25. The largest absolute Gasteiger partial charge is 0.493 e. The molecule has 0 fully saturated rings. The van der Waals surface area contributed by atoms with E-state index in [9.17, 15) is 4.39 Å². The van der Waals surface area contributed by atoms with Crippen LogP contribution < -0.4 is 14.2 Å². The lowest BCUT2D eigenvalue weighted by atomic mass is 9.99. The maximum atomic E-state index is 14.2. The molecule has 0 unspecified atom stereocenters. The number of rotatable bonds is 9. The van der Waals surface area contributed by atoms with Crippen LogP contribution in [0, 0.1) is 19.7 Å². The summed E-state index contributed by atoms with van der Waals surface area (Å²) in [6, 6.07) is 26.6. The molecule has 0 atom stereocenters. The average molecular weight is 613 g/mol. The summed E-state index contributed by atoms with van der Waals surface area (Å²) in [5, 5.41) is 6.77. The lowest BCUT2D eigenvalue weighted by Crippen LogP contribution is -2.03. The number of para-hydroxylation sites is 1. The summed E-state index contributed by atoms with van der Waals surface area (Å²) in [5.41, 5.74) is 6.53. The first kappa shape index (κ1) is 29.1. The van der Waals surface area contributed by atoms with Crippen LogP contribution in [0.15, 0.2) is 104 Å². The van der Waals surface area contributed by atoms with Gasteiger partial charge in [-0.2, -0.15) is 5.10 Å². The second kappa shape index (κ2) is 12.0. The summed E-state index contributed by atoms with van der Waals surface area (Å²) in [5.74, 6) is 3.05. The Morgan fingerprint density at radius 1 is 0.739 bits per heavy atom. The van der Waals surface area contributed by atoms with E-state index >= 15 is 0 Å². The first-order valence-electron chi connectivity index (χ1n) is 15.3. The fraction of sp³-hybridized carbons (Fsp3) is 0.158. The van der Waals surface area contributed by atoms with Crippen molar-refractivity contribution in [3.8, 4) is 45.6 Å². The molecule has 0 radical (unpaired) electrons. The van der Waals surface area contributed by atoms with Gasteiger partial charge in [-0.15, -0.1) is 0 Å². The third-order valence-corrected chi connectivity index (χ3v) is 7.95. The molecule has 3 heterocycles. The summed E-state index contributed by atoms with van der Waals surface area (Å²) in [4.78, 5) is 4.46. The van der Waals surface area contributed by atoms with Gasteiger partial charge in [0.15, 0.2) is 0 Å². The van der Waals surface area contributed by atoms with E-state index in [0.717, 1.165) is 61.2 Å². The highest BCUT2D eigenvalue weighted by molar-refractivity contribution is 6.09. The molecule has 0 saturated heterocycles. The predicted molar refractivity (Wildman–Crippen MR) is 179 cm³/mol. The first-order valence-corrected chi connectivity index (χ1v) is 15.3. The number of fused-ring (bicyclic) bond motifs is 3. The predicted octanol–water partition coefficient (Wildman–Crippen LogP) is 9.38. The van der Waals surface area contributed by atoms with E-state index < -0.39 is 0 Å². The average Bonchev–Trinajstić information content (AvgIpc) is 3.67. The van der Waals surface area contributed by atoms with Gasteiger partial charge in [-0.1, -0.05) is 24.3 Å². The summed E-state index contributed by atoms with van der Waals surface area (Å²) >= 11 is 0. The van der Waals surface area contributed by atoms with Gasteiger partial charge in [-0.3, -0.25) is 4.57 Å². The van der Waals surface area contributed by atoms with E-state index in [1.807, 2.05) is 110 Å². The Hall–Kier alpha value is -5.63. The number of aromatic nitrogens is 4. The van der Waals surface area contributed by atoms with Crippen LogP contribution in [0.1, 0.15) is 25.0 Å². The highest BCUT2D eigenvalue weighted by Gasteiger charge is 2.21. The molecular formula is C38H33FN4O3. The maximum absolute atomic E-state index is 14.2. The summed E-state index contributed by atoms with van der Waals surface area (Å²) in [6.07, 6.45) is 5.29. The summed E-state index contributed by atoms with van der Waals surface area (Å²) in [7, 11) is 0. The normalized spacial score (nSPS) is 11.3. The van der Waals surface area contributed by atoms with Crippen molar-refractivity contribution in [1.82, 2.24) is 19.3 Å². The molecule has 0 bridgehead atoms. The second-order valence-electron chi connectivity index (χ2n) is 11.0. The number of benzene rings is 4. The second-order valence-corrected chi connectivity index (χ2v) is 11.0. The Kier molecular flexibility index (Phi) is 7.62. The van der Waals surface area contributed by atoms with Crippen LogP contribution in [0.25, 0.3) is 44.4 Å². The minimum absolute atomic E-state index is 0.345. The topological polar surface area (TPSA) is 63.3 Å². The van der Waals surface area contributed by atoms with Crippen molar-refractivity contribution in [2.45, 2.75) is 27.7 Å². The molecule has 7 nitrogen and oxygen atoms in total. The van der Waals surface area contributed by atoms with Crippen molar-refractivity contribution in [2.24, 2.45) is 0 Å². The van der Waals surface area contributed by atoms with Crippen molar-refractivity contribution in [2.75, 3.05) is 13.2 Å². The molecule has 0 aliphatic heterocycles. The number of aryl methyl sites for hydroxylation is 2. The van der Waals surface area contributed by atoms with Crippen molar-refractivity contribution in [1.29, 1.82) is 0 Å². The van der Waals surface area contributed by atoms with Gasteiger partial charge in [0.05, 0.1) is 41.7 Å². The minimum atomic E-state index is -0.345. The van der Waals surface area contributed by atoms with Gasteiger partial charge >= 0.3 is 0 Å². The third-order valence-electron chi connectivity index (χ3n) is 7.95. The quantitative estimate of drug-likeness (QED) is 0.163.